The van der Waals surface area contributed by atoms with Gasteiger partial charge in [0, 0.05) is 25.1 Å². The maximum absolute atomic E-state index is 11.8. The summed E-state index contributed by atoms with van der Waals surface area (Å²) in [5, 5.41) is 0. The molecule has 1 saturated carbocycles. The van der Waals surface area contributed by atoms with Gasteiger partial charge in [0.25, 0.3) is 0 Å². The standard InChI is InChI=1S/C26H54N2O3Si2/c1-8-32(9-2,10-3)30-23(20-22(7)25(27)29)14-18-28-19-17-26(15-16-26)24(21-28)31-33(11-4,12-5)13-6/h22-24H,8-21H2,1-7H3,(H2,27,29)/t22?,23-,24+/m0/s1. The molecule has 1 heterocycles. The minimum Gasteiger partial charge on any atom is -0.414 e. The number of carbonyl (C=O) groups excluding carboxylic acids is 1. The molecule has 0 aromatic carbocycles. The van der Waals surface area contributed by atoms with E-state index in [9.17, 15) is 4.79 Å². The van der Waals surface area contributed by atoms with Gasteiger partial charge in [0.05, 0.1) is 6.10 Å². The molecule has 0 aromatic heterocycles. The molecule has 2 aliphatic rings. The fraction of sp³-hybridized carbons (Fsp3) is 0.962. The fourth-order valence-corrected chi connectivity index (χ4v) is 11.7. The highest BCUT2D eigenvalue weighted by Gasteiger charge is 2.54. The largest absolute Gasteiger partial charge is 0.414 e. The zero-order chi connectivity index (χ0) is 24.7. The van der Waals surface area contributed by atoms with E-state index in [0.29, 0.717) is 11.5 Å². The smallest absolute Gasteiger partial charge is 0.220 e. The Morgan fingerprint density at radius 1 is 0.970 bits per heavy atom. The van der Waals surface area contributed by atoms with E-state index < -0.39 is 16.6 Å². The van der Waals surface area contributed by atoms with Crippen LogP contribution in [-0.4, -0.2) is 59.3 Å². The SMILES string of the molecule is CC[Si](CC)(CC)O[C@@H](CCN1CCC2(CC2)[C@H](O[Si](CC)(CC)CC)C1)CC(C)C(N)=O. The number of likely N-dealkylation sites (tertiary alicyclic amines) is 1. The number of nitrogens with two attached hydrogens (primary N) is 1. The summed E-state index contributed by atoms with van der Waals surface area (Å²) in [5.74, 6) is -0.341. The highest BCUT2D eigenvalue weighted by Crippen LogP contribution is 2.55. The molecule has 194 valence electrons. The van der Waals surface area contributed by atoms with Crippen molar-refractivity contribution >= 4 is 22.5 Å². The van der Waals surface area contributed by atoms with Gasteiger partial charge in [0.1, 0.15) is 0 Å². The summed E-state index contributed by atoms with van der Waals surface area (Å²) in [6, 6.07) is 7.10. The molecular formula is C26H54N2O3Si2. The normalized spacial score (nSPS) is 22.9. The Morgan fingerprint density at radius 2 is 1.52 bits per heavy atom. The molecular weight excluding hydrogens is 444 g/mol. The van der Waals surface area contributed by atoms with Crippen molar-refractivity contribution in [2.24, 2.45) is 17.1 Å². The van der Waals surface area contributed by atoms with Gasteiger partial charge in [-0.25, -0.2) is 0 Å². The number of amides is 1. The lowest BCUT2D eigenvalue weighted by atomic mass is 9.90. The molecule has 0 radical (unpaired) electrons. The van der Waals surface area contributed by atoms with E-state index in [1.165, 1.54) is 43.9 Å². The lowest BCUT2D eigenvalue weighted by Gasteiger charge is -2.44. The number of hydrogen-bond acceptors (Lipinski definition) is 4. The van der Waals surface area contributed by atoms with E-state index in [4.69, 9.17) is 14.6 Å². The van der Waals surface area contributed by atoms with Crippen LogP contribution in [0.2, 0.25) is 36.3 Å². The maximum atomic E-state index is 11.8. The Morgan fingerprint density at radius 3 is 1.97 bits per heavy atom. The third-order valence-corrected chi connectivity index (χ3v) is 18.8. The average molecular weight is 499 g/mol. The van der Waals surface area contributed by atoms with Crippen molar-refractivity contribution in [2.75, 3.05) is 19.6 Å². The van der Waals surface area contributed by atoms with Crippen LogP contribution in [0.5, 0.6) is 0 Å². The first-order chi connectivity index (χ1) is 15.7. The minimum absolute atomic E-state index is 0.130. The van der Waals surface area contributed by atoms with Crippen molar-refractivity contribution < 1.29 is 13.6 Å². The molecule has 0 bridgehead atoms. The summed E-state index contributed by atoms with van der Waals surface area (Å²) < 4.78 is 14.0. The highest BCUT2D eigenvalue weighted by molar-refractivity contribution is 6.74. The summed E-state index contributed by atoms with van der Waals surface area (Å²) in [6.07, 6.45) is 6.27. The van der Waals surface area contributed by atoms with E-state index in [1.807, 2.05) is 6.92 Å². The van der Waals surface area contributed by atoms with Gasteiger partial charge >= 0.3 is 0 Å². The molecule has 2 N–H and O–H groups in total. The Kier molecular flexibility index (Phi) is 11.1. The fourth-order valence-electron chi connectivity index (χ4n) is 5.88. The molecule has 1 aliphatic heterocycles. The van der Waals surface area contributed by atoms with Crippen LogP contribution in [0, 0.1) is 11.3 Å². The van der Waals surface area contributed by atoms with Crippen molar-refractivity contribution in [3.05, 3.63) is 0 Å². The number of primary amides is 1. The molecule has 7 heteroatoms. The Balaban J connectivity index is 2.05. The van der Waals surface area contributed by atoms with Gasteiger partial charge in [0.15, 0.2) is 16.6 Å². The summed E-state index contributed by atoms with van der Waals surface area (Å²) >= 11 is 0. The molecule has 1 aliphatic carbocycles. The monoisotopic (exact) mass is 498 g/mol. The van der Waals surface area contributed by atoms with Crippen molar-refractivity contribution in [1.29, 1.82) is 0 Å². The molecule has 5 nitrogen and oxygen atoms in total. The lowest BCUT2D eigenvalue weighted by molar-refractivity contribution is -0.122. The van der Waals surface area contributed by atoms with Gasteiger partial charge < -0.3 is 19.5 Å². The number of carbonyl (C=O) groups is 1. The van der Waals surface area contributed by atoms with Gasteiger partial charge in [-0.15, -0.1) is 0 Å². The van der Waals surface area contributed by atoms with Crippen molar-refractivity contribution in [2.45, 2.75) is 129 Å². The summed E-state index contributed by atoms with van der Waals surface area (Å²) in [4.78, 5) is 14.4. The number of nitrogens with zero attached hydrogens (tertiary/aromatic N) is 1. The first kappa shape index (κ1) is 29.0. The van der Waals surface area contributed by atoms with E-state index in [-0.39, 0.29) is 17.9 Å². The Labute approximate surface area is 206 Å². The molecule has 1 saturated heterocycles. The van der Waals surface area contributed by atoms with Crippen LogP contribution in [0.4, 0.5) is 0 Å². The van der Waals surface area contributed by atoms with Crippen molar-refractivity contribution in [3.8, 4) is 0 Å². The van der Waals surface area contributed by atoms with Gasteiger partial charge in [-0.1, -0.05) is 48.5 Å². The van der Waals surface area contributed by atoms with Gasteiger partial charge in [-0.3, -0.25) is 4.79 Å². The van der Waals surface area contributed by atoms with E-state index in [0.717, 1.165) is 44.1 Å². The van der Waals surface area contributed by atoms with E-state index >= 15 is 0 Å². The quantitative estimate of drug-likeness (QED) is 0.259. The van der Waals surface area contributed by atoms with Crippen LogP contribution in [0.1, 0.15) is 80.6 Å². The second kappa shape index (κ2) is 12.7. The van der Waals surface area contributed by atoms with Gasteiger partial charge in [0.2, 0.25) is 5.91 Å². The maximum Gasteiger partial charge on any atom is 0.220 e. The number of hydrogen-bond donors (Lipinski definition) is 1. The van der Waals surface area contributed by atoms with Crippen molar-refractivity contribution in [1.82, 2.24) is 4.90 Å². The molecule has 33 heavy (non-hydrogen) atoms. The Hall–Kier alpha value is -0.216. The first-order valence-electron chi connectivity index (χ1n) is 14.0. The molecule has 0 aromatic rings. The molecule has 1 amide bonds. The van der Waals surface area contributed by atoms with Crippen LogP contribution < -0.4 is 5.73 Å². The number of piperidine rings is 1. The van der Waals surface area contributed by atoms with E-state index in [2.05, 4.69) is 46.4 Å². The van der Waals surface area contributed by atoms with E-state index in [1.54, 1.807) is 0 Å². The summed E-state index contributed by atoms with van der Waals surface area (Å²) in [5.41, 5.74) is 6.10. The topological polar surface area (TPSA) is 64.8 Å². The highest BCUT2D eigenvalue weighted by atomic mass is 28.4. The molecule has 2 rings (SSSR count). The molecule has 2 fully saturated rings. The third kappa shape index (κ3) is 7.39. The molecule has 1 spiro atoms. The van der Waals surface area contributed by atoms with Crippen LogP contribution in [0.15, 0.2) is 0 Å². The average Bonchev–Trinajstić information content (AvgIpc) is 3.61. The van der Waals surface area contributed by atoms with Crippen LogP contribution in [-0.2, 0) is 13.6 Å². The molecule has 3 atom stereocenters. The van der Waals surface area contributed by atoms with Crippen LogP contribution >= 0.6 is 0 Å². The van der Waals surface area contributed by atoms with Gasteiger partial charge in [-0.05, 0) is 80.3 Å². The second-order valence-electron chi connectivity index (χ2n) is 11.1. The van der Waals surface area contributed by atoms with Crippen LogP contribution in [0.25, 0.3) is 0 Å². The Bertz CT molecular complexity index is 590. The predicted molar refractivity (Wildman–Crippen MR) is 144 cm³/mol. The molecule has 1 unspecified atom stereocenters. The lowest BCUT2D eigenvalue weighted by Crippen LogP contribution is -2.52. The van der Waals surface area contributed by atoms with Crippen molar-refractivity contribution in [3.63, 3.8) is 0 Å². The number of rotatable bonds is 16. The van der Waals surface area contributed by atoms with Gasteiger partial charge in [-0.2, -0.15) is 0 Å². The first-order valence-corrected chi connectivity index (χ1v) is 19.1. The minimum atomic E-state index is -1.73. The second-order valence-corrected chi connectivity index (χ2v) is 20.5. The predicted octanol–water partition coefficient (Wildman–Crippen LogP) is 6.15. The van der Waals surface area contributed by atoms with Crippen LogP contribution in [0.3, 0.4) is 0 Å². The third-order valence-electron chi connectivity index (χ3n) is 9.47. The zero-order valence-electron chi connectivity index (χ0n) is 22.9. The summed E-state index contributed by atoms with van der Waals surface area (Å²) in [6.45, 7) is 19.1. The zero-order valence-corrected chi connectivity index (χ0v) is 24.9. The summed E-state index contributed by atoms with van der Waals surface area (Å²) in [7, 11) is -3.34.